The largest absolute Gasteiger partial charge is 0.459 e. The SMILES string of the molecule is CCc1c(C(C)Nn2cccc2)oc2ccccc12. The Morgan fingerprint density at radius 2 is 1.89 bits per heavy atom. The van der Waals surface area contributed by atoms with Crippen LogP contribution in [-0.2, 0) is 6.42 Å². The summed E-state index contributed by atoms with van der Waals surface area (Å²) < 4.78 is 7.98. The van der Waals surface area contributed by atoms with Gasteiger partial charge < -0.3 is 9.84 Å². The minimum Gasteiger partial charge on any atom is -0.459 e. The van der Waals surface area contributed by atoms with Crippen LogP contribution >= 0.6 is 0 Å². The Morgan fingerprint density at radius 3 is 2.63 bits per heavy atom. The van der Waals surface area contributed by atoms with Crippen molar-refractivity contribution >= 4 is 11.0 Å². The summed E-state index contributed by atoms with van der Waals surface area (Å²) in [5.41, 5.74) is 5.66. The second kappa shape index (κ2) is 4.84. The Balaban J connectivity index is 1.99. The van der Waals surface area contributed by atoms with E-state index < -0.39 is 0 Å². The molecule has 3 nitrogen and oxygen atoms in total. The standard InChI is InChI=1S/C16H18N2O/c1-3-13-14-8-4-5-9-15(14)19-16(13)12(2)17-18-10-6-7-11-18/h4-12,17H,3H2,1-2H3. The van der Waals surface area contributed by atoms with Crippen LogP contribution in [0.4, 0.5) is 0 Å². The molecule has 0 saturated heterocycles. The van der Waals surface area contributed by atoms with Crippen LogP contribution in [0.1, 0.15) is 31.2 Å². The van der Waals surface area contributed by atoms with Crippen molar-refractivity contribution in [3.8, 4) is 0 Å². The maximum absolute atomic E-state index is 6.02. The average Bonchev–Trinajstić information content (AvgIpc) is 3.04. The smallest absolute Gasteiger partial charge is 0.134 e. The lowest BCUT2D eigenvalue weighted by Crippen LogP contribution is -2.17. The number of rotatable bonds is 4. The van der Waals surface area contributed by atoms with Gasteiger partial charge in [-0.25, -0.2) is 0 Å². The van der Waals surface area contributed by atoms with Gasteiger partial charge in [-0.15, -0.1) is 0 Å². The number of hydrogen-bond donors (Lipinski definition) is 1. The van der Waals surface area contributed by atoms with Crippen molar-refractivity contribution in [1.29, 1.82) is 0 Å². The maximum Gasteiger partial charge on any atom is 0.134 e. The first kappa shape index (κ1) is 11.9. The number of benzene rings is 1. The van der Waals surface area contributed by atoms with E-state index in [0.717, 1.165) is 17.8 Å². The molecule has 1 N–H and O–H groups in total. The number of fused-ring (bicyclic) bond motifs is 1. The molecule has 0 aliphatic heterocycles. The second-order valence-corrected chi connectivity index (χ2v) is 4.74. The minimum atomic E-state index is 0.134. The van der Waals surface area contributed by atoms with Crippen LogP contribution < -0.4 is 5.43 Å². The highest BCUT2D eigenvalue weighted by atomic mass is 16.3. The fraction of sp³-hybridized carbons (Fsp3) is 0.250. The molecule has 2 heterocycles. The minimum absolute atomic E-state index is 0.134. The topological polar surface area (TPSA) is 30.1 Å². The molecule has 0 aliphatic carbocycles. The molecule has 0 amide bonds. The van der Waals surface area contributed by atoms with E-state index in [4.69, 9.17) is 4.42 Å². The van der Waals surface area contributed by atoms with Crippen LogP contribution in [0.25, 0.3) is 11.0 Å². The van der Waals surface area contributed by atoms with E-state index in [0.29, 0.717) is 0 Å². The van der Waals surface area contributed by atoms with E-state index in [1.807, 2.05) is 41.3 Å². The van der Waals surface area contributed by atoms with E-state index in [2.05, 4.69) is 31.4 Å². The Hall–Kier alpha value is -2.16. The van der Waals surface area contributed by atoms with Crippen LogP contribution in [-0.4, -0.2) is 4.68 Å². The summed E-state index contributed by atoms with van der Waals surface area (Å²) in [6.07, 6.45) is 4.96. The number of aryl methyl sites for hydroxylation is 1. The third-order valence-corrected chi connectivity index (χ3v) is 3.42. The van der Waals surface area contributed by atoms with Gasteiger partial charge in [0.15, 0.2) is 0 Å². The zero-order valence-corrected chi connectivity index (χ0v) is 11.3. The molecule has 98 valence electrons. The Kier molecular flexibility index (Phi) is 3.03. The van der Waals surface area contributed by atoms with Gasteiger partial charge in [0.05, 0.1) is 6.04 Å². The highest BCUT2D eigenvalue weighted by Gasteiger charge is 2.17. The molecular formula is C16H18N2O. The van der Waals surface area contributed by atoms with Crippen LogP contribution in [0.2, 0.25) is 0 Å². The molecule has 3 heteroatoms. The number of hydrogen-bond acceptors (Lipinski definition) is 2. The molecule has 0 spiro atoms. The first-order chi connectivity index (χ1) is 9.29. The fourth-order valence-electron chi connectivity index (χ4n) is 2.53. The first-order valence-corrected chi connectivity index (χ1v) is 6.69. The predicted octanol–water partition coefficient (Wildman–Crippen LogP) is 4.10. The molecule has 2 aromatic heterocycles. The summed E-state index contributed by atoms with van der Waals surface area (Å²) in [6.45, 7) is 4.29. The lowest BCUT2D eigenvalue weighted by Gasteiger charge is -2.15. The van der Waals surface area contributed by atoms with Crippen molar-refractivity contribution in [2.24, 2.45) is 0 Å². The predicted molar refractivity (Wildman–Crippen MR) is 77.8 cm³/mol. The van der Waals surface area contributed by atoms with E-state index in [9.17, 15) is 0 Å². The second-order valence-electron chi connectivity index (χ2n) is 4.74. The monoisotopic (exact) mass is 254 g/mol. The number of nitrogens with zero attached hydrogens (tertiary/aromatic N) is 1. The van der Waals surface area contributed by atoms with Gasteiger partial charge in [0, 0.05) is 23.3 Å². The van der Waals surface area contributed by atoms with Crippen LogP contribution in [0.5, 0.6) is 0 Å². The van der Waals surface area contributed by atoms with Crippen molar-refractivity contribution in [3.05, 3.63) is 60.1 Å². The van der Waals surface area contributed by atoms with Gasteiger partial charge in [-0.1, -0.05) is 25.1 Å². The lowest BCUT2D eigenvalue weighted by atomic mass is 10.1. The zero-order valence-electron chi connectivity index (χ0n) is 11.3. The molecule has 0 saturated carbocycles. The summed E-state index contributed by atoms with van der Waals surface area (Å²) in [6, 6.07) is 12.4. The van der Waals surface area contributed by atoms with E-state index in [1.165, 1.54) is 10.9 Å². The third kappa shape index (κ3) is 2.12. The lowest BCUT2D eigenvalue weighted by molar-refractivity contribution is 0.502. The van der Waals surface area contributed by atoms with Gasteiger partial charge in [0.1, 0.15) is 11.3 Å². The van der Waals surface area contributed by atoms with Crippen molar-refractivity contribution in [1.82, 2.24) is 4.68 Å². The molecule has 19 heavy (non-hydrogen) atoms. The fourth-order valence-corrected chi connectivity index (χ4v) is 2.53. The van der Waals surface area contributed by atoms with Crippen LogP contribution in [0.15, 0.2) is 53.2 Å². The Morgan fingerprint density at radius 1 is 1.16 bits per heavy atom. The average molecular weight is 254 g/mol. The Bertz CT molecular complexity index is 667. The highest BCUT2D eigenvalue weighted by molar-refractivity contribution is 5.82. The quantitative estimate of drug-likeness (QED) is 0.759. The van der Waals surface area contributed by atoms with Crippen molar-refractivity contribution in [3.63, 3.8) is 0 Å². The molecule has 3 rings (SSSR count). The van der Waals surface area contributed by atoms with Gasteiger partial charge in [-0.05, 0) is 31.5 Å². The maximum atomic E-state index is 6.02. The number of para-hydroxylation sites is 1. The first-order valence-electron chi connectivity index (χ1n) is 6.69. The van der Waals surface area contributed by atoms with Crippen molar-refractivity contribution in [2.45, 2.75) is 26.3 Å². The van der Waals surface area contributed by atoms with Gasteiger partial charge in [0.2, 0.25) is 0 Å². The zero-order chi connectivity index (χ0) is 13.2. The van der Waals surface area contributed by atoms with E-state index in [-0.39, 0.29) is 6.04 Å². The summed E-state index contributed by atoms with van der Waals surface area (Å²) in [4.78, 5) is 0. The molecule has 1 aromatic carbocycles. The molecule has 0 aliphatic rings. The normalized spacial score (nSPS) is 12.7. The molecule has 3 aromatic rings. The van der Waals surface area contributed by atoms with Crippen molar-refractivity contribution < 1.29 is 4.42 Å². The van der Waals surface area contributed by atoms with Gasteiger partial charge in [-0.2, -0.15) is 0 Å². The summed E-state index contributed by atoms with van der Waals surface area (Å²) >= 11 is 0. The van der Waals surface area contributed by atoms with E-state index in [1.54, 1.807) is 0 Å². The van der Waals surface area contributed by atoms with Crippen LogP contribution in [0.3, 0.4) is 0 Å². The third-order valence-electron chi connectivity index (χ3n) is 3.42. The summed E-state index contributed by atoms with van der Waals surface area (Å²) in [5, 5.41) is 1.22. The van der Waals surface area contributed by atoms with Crippen molar-refractivity contribution in [2.75, 3.05) is 5.43 Å². The highest BCUT2D eigenvalue weighted by Crippen LogP contribution is 2.30. The molecular weight excluding hydrogens is 236 g/mol. The Labute approximate surface area is 112 Å². The molecule has 0 fully saturated rings. The van der Waals surface area contributed by atoms with E-state index >= 15 is 0 Å². The summed E-state index contributed by atoms with van der Waals surface area (Å²) in [7, 11) is 0. The van der Waals surface area contributed by atoms with Gasteiger partial charge >= 0.3 is 0 Å². The molecule has 0 radical (unpaired) electrons. The summed E-state index contributed by atoms with van der Waals surface area (Å²) in [5.74, 6) is 1.03. The van der Waals surface area contributed by atoms with Crippen LogP contribution in [0, 0.1) is 0 Å². The van der Waals surface area contributed by atoms with Gasteiger partial charge in [-0.3, -0.25) is 4.68 Å². The van der Waals surface area contributed by atoms with Gasteiger partial charge in [0.25, 0.3) is 0 Å². The molecule has 0 bridgehead atoms. The number of nitrogens with one attached hydrogen (secondary N) is 1. The number of furan rings is 1. The molecule has 1 atom stereocenters. The number of aromatic nitrogens is 1. The molecule has 1 unspecified atom stereocenters.